The number of hydrogen-bond donors (Lipinski definition) is 2. The van der Waals surface area contributed by atoms with Crippen molar-refractivity contribution in [1.29, 1.82) is 0 Å². The molecule has 2 rings (SSSR count). The summed E-state index contributed by atoms with van der Waals surface area (Å²) in [5.41, 5.74) is 1.10. The SMILES string of the molecule is COC(=O)c1cccnc1NCc1csc(=O)[nH]1. The van der Waals surface area contributed by atoms with E-state index in [4.69, 9.17) is 0 Å². The molecule has 0 fully saturated rings. The number of ether oxygens (including phenoxy) is 1. The summed E-state index contributed by atoms with van der Waals surface area (Å²) in [6.07, 6.45) is 1.57. The fourth-order valence-corrected chi connectivity index (χ4v) is 1.98. The van der Waals surface area contributed by atoms with Crippen molar-refractivity contribution in [3.8, 4) is 0 Å². The van der Waals surface area contributed by atoms with Crippen LogP contribution in [0.4, 0.5) is 5.82 Å². The number of hydrogen-bond acceptors (Lipinski definition) is 6. The van der Waals surface area contributed by atoms with Crippen LogP contribution in [0.2, 0.25) is 0 Å². The van der Waals surface area contributed by atoms with Crippen molar-refractivity contribution < 1.29 is 9.53 Å². The molecule has 0 unspecified atom stereocenters. The Labute approximate surface area is 107 Å². The lowest BCUT2D eigenvalue weighted by Crippen LogP contribution is -2.10. The Hall–Kier alpha value is -2.15. The highest BCUT2D eigenvalue weighted by Gasteiger charge is 2.12. The lowest BCUT2D eigenvalue weighted by molar-refractivity contribution is 0.0601. The predicted molar refractivity (Wildman–Crippen MR) is 67.8 cm³/mol. The van der Waals surface area contributed by atoms with Crippen LogP contribution in [0.15, 0.2) is 28.5 Å². The number of nitrogens with one attached hydrogen (secondary N) is 2. The molecule has 0 atom stereocenters. The van der Waals surface area contributed by atoms with E-state index < -0.39 is 5.97 Å². The minimum atomic E-state index is -0.454. The fraction of sp³-hybridized carbons (Fsp3) is 0.182. The van der Waals surface area contributed by atoms with Crippen LogP contribution in [0, 0.1) is 0 Å². The Bertz CT molecular complexity index is 605. The van der Waals surface area contributed by atoms with E-state index in [1.807, 2.05) is 0 Å². The zero-order valence-electron chi connectivity index (χ0n) is 9.60. The molecule has 0 saturated carbocycles. The summed E-state index contributed by atoms with van der Waals surface area (Å²) in [6.45, 7) is 0.389. The Morgan fingerprint density at radius 3 is 3.11 bits per heavy atom. The zero-order valence-corrected chi connectivity index (χ0v) is 10.4. The third-order valence-electron chi connectivity index (χ3n) is 2.23. The topological polar surface area (TPSA) is 84.1 Å². The highest BCUT2D eigenvalue weighted by molar-refractivity contribution is 7.07. The normalized spacial score (nSPS) is 10.1. The number of pyridine rings is 1. The first kappa shape index (κ1) is 12.3. The van der Waals surface area contributed by atoms with Gasteiger partial charge in [0.15, 0.2) is 0 Å². The number of carbonyl (C=O) groups excluding carboxylic acids is 1. The summed E-state index contributed by atoms with van der Waals surface area (Å²) in [7, 11) is 1.31. The van der Waals surface area contributed by atoms with Gasteiger partial charge in [-0.25, -0.2) is 9.78 Å². The standard InChI is InChI=1S/C11H11N3O3S/c1-17-10(15)8-3-2-4-12-9(8)13-5-7-6-18-11(16)14-7/h2-4,6H,5H2,1H3,(H,12,13)(H,14,16). The number of carbonyl (C=O) groups is 1. The molecule has 0 bridgehead atoms. The summed E-state index contributed by atoms with van der Waals surface area (Å²) in [6, 6.07) is 3.28. The van der Waals surface area contributed by atoms with Crippen molar-refractivity contribution in [2.75, 3.05) is 12.4 Å². The maximum atomic E-state index is 11.5. The van der Waals surface area contributed by atoms with Crippen molar-refractivity contribution in [2.45, 2.75) is 6.54 Å². The Morgan fingerprint density at radius 1 is 1.61 bits per heavy atom. The van der Waals surface area contributed by atoms with E-state index in [9.17, 15) is 9.59 Å². The summed E-state index contributed by atoms with van der Waals surface area (Å²) in [4.78, 5) is 29.1. The lowest BCUT2D eigenvalue weighted by atomic mass is 10.2. The second-order valence-electron chi connectivity index (χ2n) is 3.42. The molecule has 0 amide bonds. The molecule has 0 saturated heterocycles. The molecule has 0 radical (unpaired) electrons. The maximum Gasteiger partial charge on any atom is 0.341 e. The van der Waals surface area contributed by atoms with Gasteiger partial charge in [0, 0.05) is 17.3 Å². The van der Waals surface area contributed by atoms with Crippen LogP contribution in [0.3, 0.4) is 0 Å². The van der Waals surface area contributed by atoms with Gasteiger partial charge >= 0.3 is 10.8 Å². The molecule has 2 N–H and O–H groups in total. The molecular formula is C11H11N3O3S. The molecule has 6 nitrogen and oxygen atoms in total. The maximum absolute atomic E-state index is 11.5. The van der Waals surface area contributed by atoms with Gasteiger partial charge in [0.2, 0.25) is 0 Å². The number of H-pyrrole nitrogens is 1. The zero-order chi connectivity index (χ0) is 13.0. The van der Waals surface area contributed by atoms with Crippen LogP contribution in [0.1, 0.15) is 16.1 Å². The minimum Gasteiger partial charge on any atom is -0.465 e. The lowest BCUT2D eigenvalue weighted by Gasteiger charge is -2.08. The first-order chi connectivity index (χ1) is 8.70. The number of thiazole rings is 1. The minimum absolute atomic E-state index is 0.110. The van der Waals surface area contributed by atoms with E-state index >= 15 is 0 Å². The number of aromatic nitrogens is 2. The van der Waals surface area contributed by atoms with E-state index in [0.717, 1.165) is 17.0 Å². The number of rotatable bonds is 4. The molecule has 18 heavy (non-hydrogen) atoms. The number of methoxy groups -OCH3 is 1. The van der Waals surface area contributed by atoms with Gasteiger partial charge < -0.3 is 15.0 Å². The van der Waals surface area contributed by atoms with Crippen LogP contribution in [0.5, 0.6) is 0 Å². The van der Waals surface area contributed by atoms with Crippen LogP contribution in [-0.2, 0) is 11.3 Å². The van der Waals surface area contributed by atoms with Crippen molar-refractivity contribution in [3.05, 3.63) is 44.6 Å². The summed E-state index contributed by atoms with van der Waals surface area (Å²) in [5.74, 6) is -0.0270. The van der Waals surface area contributed by atoms with Crippen LogP contribution >= 0.6 is 11.3 Å². The third kappa shape index (κ3) is 2.75. The van der Waals surface area contributed by atoms with Crippen molar-refractivity contribution in [2.24, 2.45) is 0 Å². The molecule has 0 spiro atoms. The van der Waals surface area contributed by atoms with Gasteiger partial charge in [-0.1, -0.05) is 11.3 Å². The van der Waals surface area contributed by atoms with Crippen LogP contribution in [-0.4, -0.2) is 23.0 Å². The average Bonchev–Trinajstić information content (AvgIpc) is 2.81. The number of nitrogens with zero attached hydrogens (tertiary/aromatic N) is 1. The quantitative estimate of drug-likeness (QED) is 0.812. The van der Waals surface area contributed by atoms with Crippen molar-refractivity contribution >= 4 is 23.1 Å². The van der Waals surface area contributed by atoms with Gasteiger partial charge in [-0.15, -0.1) is 0 Å². The highest BCUT2D eigenvalue weighted by Crippen LogP contribution is 2.13. The Morgan fingerprint density at radius 2 is 2.44 bits per heavy atom. The Balaban J connectivity index is 2.14. The van der Waals surface area contributed by atoms with Crippen LogP contribution < -0.4 is 10.2 Å². The molecule has 2 heterocycles. The molecule has 2 aromatic rings. The summed E-state index contributed by atoms with van der Waals surface area (Å²) >= 11 is 1.09. The highest BCUT2D eigenvalue weighted by atomic mass is 32.1. The van der Waals surface area contributed by atoms with E-state index in [0.29, 0.717) is 17.9 Å². The second-order valence-corrected chi connectivity index (χ2v) is 4.26. The van der Waals surface area contributed by atoms with Gasteiger partial charge in [0.25, 0.3) is 0 Å². The second kappa shape index (κ2) is 5.46. The molecule has 0 aliphatic heterocycles. The fourth-order valence-electron chi connectivity index (χ4n) is 1.40. The first-order valence-electron chi connectivity index (χ1n) is 5.14. The van der Waals surface area contributed by atoms with E-state index in [1.165, 1.54) is 7.11 Å². The van der Waals surface area contributed by atoms with Gasteiger partial charge in [-0.2, -0.15) is 0 Å². The smallest absolute Gasteiger partial charge is 0.341 e. The number of aromatic amines is 1. The largest absolute Gasteiger partial charge is 0.465 e. The molecule has 2 aromatic heterocycles. The molecule has 0 aliphatic rings. The molecule has 0 aromatic carbocycles. The average molecular weight is 265 g/mol. The van der Waals surface area contributed by atoms with Crippen LogP contribution in [0.25, 0.3) is 0 Å². The van der Waals surface area contributed by atoms with Gasteiger partial charge in [-0.05, 0) is 12.1 Å². The molecule has 0 aliphatic carbocycles. The molecule has 94 valence electrons. The Kier molecular flexibility index (Phi) is 3.73. The number of esters is 1. The predicted octanol–water partition coefficient (Wildman–Crippen LogP) is 1.23. The van der Waals surface area contributed by atoms with Crippen molar-refractivity contribution in [3.63, 3.8) is 0 Å². The van der Waals surface area contributed by atoms with E-state index in [1.54, 1.807) is 23.7 Å². The van der Waals surface area contributed by atoms with E-state index in [-0.39, 0.29) is 4.87 Å². The van der Waals surface area contributed by atoms with Gasteiger partial charge in [-0.3, -0.25) is 4.79 Å². The van der Waals surface area contributed by atoms with E-state index in [2.05, 4.69) is 20.0 Å². The molecular weight excluding hydrogens is 254 g/mol. The number of anilines is 1. The first-order valence-corrected chi connectivity index (χ1v) is 6.02. The molecule has 7 heteroatoms. The monoisotopic (exact) mass is 265 g/mol. The third-order valence-corrected chi connectivity index (χ3v) is 2.95. The summed E-state index contributed by atoms with van der Waals surface area (Å²) in [5, 5.41) is 4.70. The van der Waals surface area contributed by atoms with Gasteiger partial charge in [0.05, 0.1) is 13.7 Å². The summed E-state index contributed by atoms with van der Waals surface area (Å²) < 4.78 is 4.66. The van der Waals surface area contributed by atoms with Gasteiger partial charge in [0.1, 0.15) is 11.4 Å². The van der Waals surface area contributed by atoms with Crippen molar-refractivity contribution in [1.82, 2.24) is 9.97 Å².